The fraction of sp³-hybridized carbons (Fsp3) is 0.182. The van der Waals surface area contributed by atoms with Crippen LogP contribution in [0.4, 0.5) is 0 Å². The fourth-order valence-corrected chi connectivity index (χ4v) is 1.91. The van der Waals surface area contributed by atoms with Crippen molar-refractivity contribution in [2.45, 2.75) is 13.0 Å². The Morgan fingerprint density at radius 1 is 1.44 bits per heavy atom. The van der Waals surface area contributed by atoms with E-state index in [1.807, 2.05) is 25.1 Å². The lowest BCUT2D eigenvalue weighted by atomic mass is 10.0. The molecule has 0 aromatic carbocycles. The fourth-order valence-electron chi connectivity index (χ4n) is 1.59. The Bertz CT molecular complexity index is 484. The summed E-state index contributed by atoms with van der Waals surface area (Å²) < 4.78 is 6.18. The molecule has 4 nitrogen and oxygen atoms in total. The maximum absolute atomic E-state index is 5.56. The third-order valence-corrected chi connectivity index (χ3v) is 2.86. The van der Waals surface area contributed by atoms with Gasteiger partial charge in [-0.1, -0.05) is 0 Å². The summed E-state index contributed by atoms with van der Waals surface area (Å²) in [5, 5.41) is 0. The minimum absolute atomic E-state index is 0.181. The third-order valence-electron chi connectivity index (χ3n) is 2.44. The maximum atomic E-state index is 5.56. The van der Waals surface area contributed by atoms with Gasteiger partial charge in [-0.2, -0.15) is 0 Å². The second kappa shape index (κ2) is 4.78. The number of nitrogens with two attached hydrogens (primary N) is 1. The van der Waals surface area contributed by atoms with Gasteiger partial charge in [-0.3, -0.25) is 10.8 Å². The van der Waals surface area contributed by atoms with Crippen LogP contribution in [0.15, 0.2) is 39.7 Å². The topological polar surface area (TPSA) is 64.1 Å². The van der Waals surface area contributed by atoms with E-state index in [4.69, 9.17) is 10.3 Å². The van der Waals surface area contributed by atoms with Crippen LogP contribution in [0.5, 0.6) is 0 Å². The van der Waals surface area contributed by atoms with E-state index >= 15 is 0 Å². The lowest BCUT2D eigenvalue weighted by Crippen LogP contribution is -2.29. The SMILES string of the molecule is Cc1ccncc1C(NN)c1ccc(Br)o1. The number of hydrogen-bond acceptors (Lipinski definition) is 4. The molecule has 2 aromatic heterocycles. The molecule has 16 heavy (non-hydrogen) atoms. The molecule has 1 unspecified atom stereocenters. The first-order chi connectivity index (χ1) is 7.72. The van der Waals surface area contributed by atoms with Crippen molar-refractivity contribution >= 4 is 15.9 Å². The first-order valence-corrected chi connectivity index (χ1v) is 5.63. The molecule has 0 radical (unpaired) electrons. The van der Waals surface area contributed by atoms with Gasteiger partial charge in [0.25, 0.3) is 0 Å². The third kappa shape index (κ3) is 2.16. The van der Waals surface area contributed by atoms with Crippen LogP contribution in [0.1, 0.15) is 22.9 Å². The number of hydrogen-bond donors (Lipinski definition) is 2. The highest BCUT2D eigenvalue weighted by Gasteiger charge is 2.18. The largest absolute Gasteiger partial charge is 0.452 e. The van der Waals surface area contributed by atoms with E-state index in [2.05, 4.69) is 26.3 Å². The van der Waals surface area contributed by atoms with Crippen LogP contribution in [0.2, 0.25) is 0 Å². The minimum Gasteiger partial charge on any atom is -0.452 e. The molecule has 0 saturated heterocycles. The van der Waals surface area contributed by atoms with Crippen molar-refractivity contribution in [2.24, 2.45) is 5.84 Å². The lowest BCUT2D eigenvalue weighted by Gasteiger charge is -2.15. The first kappa shape index (κ1) is 11.3. The highest BCUT2D eigenvalue weighted by Crippen LogP contribution is 2.26. The van der Waals surface area contributed by atoms with Gasteiger partial charge in [0.1, 0.15) is 11.8 Å². The highest BCUT2D eigenvalue weighted by molar-refractivity contribution is 9.10. The number of nitrogens with zero attached hydrogens (tertiary/aromatic N) is 1. The molecule has 3 N–H and O–H groups in total. The van der Waals surface area contributed by atoms with Crippen molar-refractivity contribution in [1.29, 1.82) is 0 Å². The van der Waals surface area contributed by atoms with Crippen molar-refractivity contribution in [2.75, 3.05) is 0 Å². The Morgan fingerprint density at radius 2 is 2.25 bits per heavy atom. The molecule has 0 fully saturated rings. The number of aromatic nitrogens is 1. The minimum atomic E-state index is -0.181. The van der Waals surface area contributed by atoms with Crippen LogP contribution >= 0.6 is 15.9 Å². The second-order valence-corrected chi connectivity index (χ2v) is 4.26. The molecule has 2 rings (SSSR count). The molecular weight excluding hydrogens is 270 g/mol. The van der Waals surface area contributed by atoms with Crippen LogP contribution < -0.4 is 11.3 Å². The van der Waals surface area contributed by atoms with E-state index in [9.17, 15) is 0 Å². The standard InChI is InChI=1S/C11H12BrN3O/c1-7-4-5-14-6-8(7)11(15-13)9-2-3-10(12)16-9/h2-6,11,15H,13H2,1H3. The van der Waals surface area contributed by atoms with Crippen molar-refractivity contribution in [3.8, 4) is 0 Å². The van der Waals surface area contributed by atoms with Gasteiger partial charge < -0.3 is 4.42 Å². The molecule has 0 spiro atoms. The average molecular weight is 282 g/mol. The van der Waals surface area contributed by atoms with E-state index in [1.165, 1.54) is 0 Å². The predicted octanol–water partition coefficient (Wildman–Crippen LogP) is 2.30. The number of nitrogens with one attached hydrogen (secondary N) is 1. The summed E-state index contributed by atoms with van der Waals surface area (Å²) in [6, 6.07) is 5.48. The monoisotopic (exact) mass is 281 g/mol. The van der Waals surface area contributed by atoms with Crippen LogP contribution in [0, 0.1) is 6.92 Å². The number of rotatable bonds is 3. The maximum Gasteiger partial charge on any atom is 0.169 e. The number of hydrazine groups is 1. The summed E-state index contributed by atoms with van der Waals surface area (Å²) in [5.74, 6) is 6.32. The summed E-state index contributed by atoms with van der Waals surface area (Å²) in [4.78, 5) is 4.10. The average Bonchev–Trinajstić information content (AvgIpc) is 2.69. The van der Waals surface area contributed by atoms with Gasteiger partial charge in [-0.05, 0) is 52.2 Å². The predicted molar refractivity (Wildman–Crippen MR) is 64.5 cm³/mol. The first-order valence-electron chi connectivity index (χ1n) is 4.84. The smallest absolute Gasteiger partial charge is 0.169 e. The number of aryl methyl sites for hydroxylation is 1. The molecule has 2 aromatic rings. The molecule has 0 amide bonds. The summed E-state index contributed by atoms with van der Waals surface area (Å²) in [6.07, 6.45) is 3.54. The summed E-state index contributed by atoms with van der Waals surface area (Å²) in [6.45, 7) is 2.01. The Labute approximate surface area is 102 Å². The zero-order chi connectivity index (χ0) is 11.5. The van der Waals surface area contributed by atoms with E-state index in [0.717, 1.165) is 16.9 Å². The highest BCUT2D eigenvalue weighted by atomic mass is 79.9. The van der Waals surface area contributed by atoms with Gasteiger partial charge in [0, 0.05) is 12.4 Å². The van der Waals surface area contributed by atoms with Gasteiger partial charge in [0.2, 0.25) is 0 Å². The molecule has 84 valence electrons. The van der Waals surface area contributed by atoms with Crippen LogP contribution in [-0.4, -0.2) is 4.98 Å². The van der Waals surface area contributed by atoms with E-state index in [0.29, 0.717) is 4.67 Å². The molecule has 0 aliphatic rings. The molecule has 5 heteroatoms. The molecular formula is C11H12BrN3O. The summed E-state index contributed by atoms with van der Waals surface area (Å²) in [5.41, 5.74) is 4.86. The Hall–Kier alpha value is -1.17. The van der Waals surface area contributed by atoms with Gasteiger partial charge in [0.05, 0.1) is 0 Å². The number of furan rings is 1. The summed E-state index contributed by atoms with van der Waals surface area (Å²) in [7, 11) is 0. The Morgan fingerprint density at radius 3 is 2.81 bits per heavy atom. The van der Waals surface area contributed by atoms with Crippen molar-refractivity contribution in [1.82, 2.24) is 10.4 Å². The molecule has 0 aliphatic carbocycles. The van der Waals surface area contributed by atoms with Crippen molar-refractivity contribution in [3.05, 3.63) is 52.1 Å². The van der Waals surface area contributed by atoms with Crippen LogP contribution in [0.25, 0.3) is 0 Å². The van der Waals surface area contributed by atoms with Gasteiger partial charge in [-0.15, -0.1) is 0 Å². The Balaban J connectivity index is 2.40. The van der Waals surface area contributed by atoms with E-state index < -0.39 is 0 Å². The molecule has 0 saturated carbocycles. The molecule has 2 heterocycles. The Kier molecular flexibility index (Phi) is 3.38. The quantitative estimate of drug-likeness (QED) is 0.669. The van der Waals surface area contributed by atoms with Gasteiger partial charge in [0.15, 0.2) is 4.67 Å². The van der Waals surface area contributed by atoms with Crippen molar-refractivity contribution in [3.63, 3.8) is 0 Å². The normalized spacial score (nSPS) is 12.7. The van der Waals surface area contributed by atoms with E-state index in [-0.39, 0.29) is 6.04 Å². The zero-order valence-electron chi connectivity index (χ0n) is 8.77. The van der Waals surface area contributed by atoms with E-state index in [1.54, 1.807) is 12.4 Å². The molecule has 1 atom stereocenters. The molecule has 0 aliphatic heterocycles. The van der Waals surface area contributed by atoms with Crippen LogP contribution in [-0.2, 0) is 0 Å². The van der Waals surface area contributed by atoms with Crippen LogP contribution in [0.3, 0.4) is 0 Å². The van der Waals surface area contributed by atoms with Gasteiger partial charge >= 0.3 is 0 Å². The van der Waals surface area contributed by atoms with Gasteiger partial charge in [-0.25, -0.2) is 5.43 Å². The number of halogens is 1. The molecule has 0 bridgehead atoms. The summed E-state index contributed by atoms with van der Waals surface area (Å²) >= 11 is 3.27. The van der Waals surface area contributed by atoms with Crippen molar-refractivity contribution < 1.29 is 4.42 Å². The lowest BCUT2D eigenvalue weighted by molar-refractivity contribution is 0.436. The second-order valence-electron chi connectivity index (χ2n) is 3.47. The zero-order valence-corrected chi connectivity index (χ0v) is 10.4. The number of pyridine rings is 1.